The van der Waals surface area contributed by atoms with E-state index in [9.17, 15) is 5.11 Å². The molecule has 1 saturated carbocycles. The van der Waals surface area contributed by atoms with Gasteiger partial charge in [0.15, 0.2) is 0 Å². The molecule has 0 spiro atoms. The zero-order valence-corrected chi connectivity index (χ0v) is 9.14. The molecule has 0 bridgehead atoms. The van der Waals surface area contributed by atoms with Crippen LogP contribution in [-0.2, 0) is 0 Å². The highest BCUT2D eigenvalue weighted by Gasteiger charge is 2.41. The third kappa shape index (κ3) is 2.44. The van der Waals surface area contributed by atoms with Gasteiger partial charge in [-0.25, -0.2) is 0 Å². The summed E-state index contributed by atoms with van der Waals surface area (Å²) >= 11 is 0. The summed E-state index contributed by atoms with van der Waals surface area (Å²) in [5.74, 6) is 0. The van der Waals surface area contributed by atoms with Crippen molar-refractivity contribution in [1.29, 1.82) is 0 Å². The van der Waals surface area contributed by atoms with Crippen LogP contribution in [0.15, 0.2) is 0 Å². The minimum Gasteiger partial charge on any atom is -0.388 e. The monoisotopic (exact) mass is 185 g/mol. The molecule has 1 aliphatic rings. The van der Waals surface area contributed by atoms with Gasteiger partial charge in [-0.3, -0.25) is 0 Å². The molecule has 2 heteroatoms. The number of rotatable bonds is 2. The fourth-order valence-corrected chi connectivity index (χ4v) is 2.57. The topological polar surface area (TPSA) is 46.2 Å². The molecule has 0 heterocycles. The highest BCUT2D eigenvalue weighted by Crippen LogP contribution is 2.42. The highest BCUT2D eigenvalue weighted by atomic mass is 16.3. The van der Waals surface area contributed by atoms with Crippen LogP contribution in [0, 0.1) is 5.41 Å². The summed E-state index contributed by atoms with van der Waals surface area (Å²) in [5.41, 5.74) is 5.62. The molecule has 3 N–H and O–H groups in total. The Balaban J connectivity index is 2.68. The molecule has 0 amide bonds. The Labute approximate surface area is 81.5 Å². The summed E-state index contributed by atoms with van der Waals surface area (Å²) < 4.78 is 0. The molecule has 2 nitrogen and oxygen atoms in total. The number of aliphatic hydroxyl groups is 1. The van der Waals surface area contributed by atoms with Crippen molar-refractivity contribution in [3.63, 3.8) is 0 Å². The first-order chi connectivity index (χ1) is 5.90. The third-order valence-corrected chi connectivity index (χ3v) is 3.38. The fourth-order valence-electron chi connectivity index (χ4n) is 2.57. The molecule has 0 aromatic heterocycles. The van der Waals surface area contributed by atoms with Crippen LogP contribution >= 0.6 is 0 Å². The standard InChI is InChI=1S/C11H23NO/c1-4-9(12)11(13)7-5-6-10(2,3)8-11/h9,13H,4-8,12H2,1-3H3. The second kappa shape index (κ2) is 3.58. The first-order valence-electron chi connectivity index (χ1n) is 5.38. The minimum atomic E-state index is -0.601. The van der Waals surface area contributed by atoms with Crippen molar-refractivity contribution < 1.29 is 5.11 Å². The van der Waals surface area contributed by atoms with E-state index in [1.54, 1.807) is 0 Å². The van der Waals surface area contributed by atoms with E-state index in [0.29, 0.717) is 0 Å². The van der Waals surface area contributed by atoms with E-state index < -0.39 is 5.60 Å². The Morgan fingerprint density at radius 1 is 1.38 bits per heavy atom. The van der Waals surface area contributed by atoms with Crippen molar-refractivity contribution in [2.24, 2.45) is 11.1 Å². The SMILES string of the molecule is CCC(N)C1(O)CCCC(C)(C)C1. The van der Waals surface area contributed by atoms with Crippen LogP contribution < -0.4 is 5.73 Å². The van der Waals surface area contributed by atoms with Crippen LogP contribution in [-0.4, -0.2) is 16.7 Å². The Morgan fingerprint density at radius 2 is 2.00 bits per heavy atom. The Kier molecular flexibility index (Phi) is 3.03. The van der Waals surface area contributed by atoms with Gasteiger partial charge in [0, 0.05) is 6.04 Å². The van der Waals surface area contributed by atoms with Crippen molar-refractivity contribution >= 4 is 0 Å². The second-order valence-electron chi connectivity index (χ2n) is 5.31. The Hall–Kier alpha value is -0.0800. The largest absolute Gasteiger partial charge is 0.388 e. The third-order valence-electron chi connectivity index (χ3n) is 3.38. The quantitative estimate of drug-likeness (QED) is 0.691. The molecule has 1 fully saturated rings. The van der Waals surface area contributed by atoms with Crippen molar-refractivity contribution in [2.75, 3.05) is 0 Å². The maximum absolute atomic E-state index is 10.4. The molecule has 0 radical (unpaired) electrons. The second-order valence-corrected chi connectivity index (χ2v) is 5.31. The average molecular weight is 185 g/mol. The van der Waals surface area contributed by atoms with Crippen molar-refractivity contribution in [3.8, 4) is 0 Å². The highest BCUT2D eigenvalue weighted by molar-refractivity contribution is 4.96. The summed E-state index contributed by atoms with van der Waals surface area (Å²) in [6.45, 7) is 6.49. The summed E-state index contributed by atoms with van der Waals surface area (Å²) in [4.78, 5) is 0. The van der Waals surface area contributed by atoms with E-state index >= 15 is 0 Å². The van der Waals surface area contributed by atoms with Gasteiger partial charge in [0.25, 0.3) is 0 Å². The summed E-state index contributed by atoms with van der Waals surface area (Å²) in [6.07, 6.45) is 4.93. The molecular formula is C11H23NO. The lowest BCUT2D eigenvalue weighted by atomic mass is 9.67. The normalized spacial score (nSPS) is 35.8. The van der Waals surface area contributed by atoms with Crippen molar-refractivity contribution in [3.05, 3.63) is 0 Å². The number of nitrogens with two attached hydrogens (primary N) is 1. The van der Waals surface area contributed by atoms with Gasteiger partial charge < -0.3 is 10.8 Å². The van der Waals surface area contributed by atoms with Gasteiger partial charge in [0.2, 0.25) is 0 Å². The smallest absolute Gasteiger partial charge is 0.0802 e. The van der Waals surface area contributed by atoms with Gasteiger partial charge in [-0.2, -0.15) is 0 Å². The lowest BCUT2D eigenvalue weighted by Gasteiger charge is -2.44. The molecule has 0 aromatic rings. The minimum absolute atomic E-state index is 0.0490. The van der Waals surface area contributed by atoms with Crippen LogP contribution in [0.25, 0.3) is 0 Å². The number of hydrogen-bond donors (Lipinski definition) is 2. The molecule has 2 unspecified atom stereocenters. The van der Waals surface area contributed by atoms with Gasteiger partial charge in [-0.05, 0) is 37.5 Å². The summed E-state index contributed by atoms with van der Waals surface area (Å²) in [7, 11) is 0. The van der Waals surface area contributed by atoms with Crippen LogP contribution in [0.5, 0.6) is 0 Å². The number of hydrogen-bond acceptors (Lipinski definition) is 2. The summed E-state index contributed by atoms with van der Waals surface area (Å²) in [6, 6.07) is -0.0490. The van der Waals surface area contributed by atoms with Crippen LogP contribution in [0.2, 0.25) is 0 Å². The van der Waals surface area contributed by atoms with Crippen LogP contribution in [0.1, 0.15) is 52.9 Å². The van der Waals surface area contributed by atoms with E-state index in [0.717, 1.165) is 25.7 Å². The van der Waals surface area contributed by atoms with Gasteiger partial charge in [-0.15, -0.1) is 0 Å². The first kappa shape index (κ1) is 11.0. The lowest BCUT2D eigenvalue weighted by molar-refractivity contribution is -0.0584. The van der Waals surface area contributed by atoms with Crippen molar-refractivity contribution in [1.82, 2.24) is 0 Å². The van der Waals surface area contributed by atoms with Crippen LogP contribution in [0.3, 0.4) is 0 Å². The molecule has 2 atom stereocenters. The lowest BCUT2D eigenvalue weighted by Crippen LogP contribution is -2.52. The molecular weight excluding hydrogens is 162 g/mol. The summed E-state index contributed by atoms with van der Waals surface area (Å²) in [5, 5.41) is 10.4. The molecule has 1 aliphatic carbocycles. The van der Waals surface area contributed by atoms with Gasteiger partial charge >= 0.3 is 0 Å². The zero-order chi connectivity index (χ0) is 10.1. The Morgan fingerprint density at radius 3 is 2.46 bits per heavy atom. The van der Waals surface area contributed by atoms with E-state index in [-0.39, 0.29) is 11.5 Å². The molecule has 78 valence electrons. The van der Waals surface area contributed by atoms with E-state index in [1.807, 2.05) is 6.92 Å². The molecule has 13 heavy (non-hydrogen) atoms. The van der Waals surface area contributed by atoms with E-state index in [2.05, 4.69) is 13.8 Å². The Bertz CT molecular complexity index is 179. The fraction of sp³-hybridized carbons (Fsp3) is 1.00. The maximum Gasteiger partial charge on any atom is 0.0802 e. The predicted molar refractivity (Wildman–Crippen MR) is 55.5 cm³/mol. The van der Waals surface area contributed by atoms with E-state index in [4.69, 9.17) is 5.73 Å². The van der Waals surface area contributed by atoms with Crippen LogP contribution in [0.4, 0.5) is 0 Å². The van der Waals surface area contributed by atoms with Gasteiger partial charge in [-0.1, -0.05) is 20.8 Å². The predicted octanol–water partition coefficient (Wildman–Crippen LogP) is 2.05. The molecule has 0 saturated heterocycles. The van der Waals surface area contributed by atoms with Gasteiger partial charge in [0.1, 0.15) is 0 Å². The van der Waals surface area contributed by atoms with Crippen molar-refractivity contribution in [2.45, 2.75) is 64.5 Å². The first-order valence-corrected chi connectivity index (χ1v) is 5.38. The zero-order valence-electron chi connectivity index (χ0n) is 9.14. The maximum atomic E-state index is 10.4. The average Bonchev–Trinajstić information content (AvgIpc) is 2.00. The van der Waals surface area contributed by atoms with Gasteiger partial charge in [0.05, 0.1) is 5.60 Å². The molecule has 0 aliphatic heterocycles. The molecule has 0 aromatic carbocycles. The van der Waals surface area contributed by atoms with E-state index in [1.165, 1.54) is 6.42 Å². The molecule has 1 rings (SSSR count).